The van der Waals surface area contributed by atoms with Gasteiger partial charge in [-0.05, 0) is 32.6 Å². The van der Waals surface area contributed by atoms with Gasteiger partial charge < -0.3 is 10.2 Å². The van der Waals surface area contributed by atoms with Gasteiger partial charge in [0.15, 0.2) is 0 Å². The Bertz CT molecular complexity index is 321. The highest BCUT2D eigenvalue weighted by Crippen LogP contribution is 2.18. The van der Waals surface area contributed by atoms with Gasteiger partial charge in [-0.3, -0.25) is 14.9 Å². The Morgan fingerprint density at radius 3 is 2.37 bits per heavy atom. The first-order valence-electron chi connectivity index (χ1n) is 7.48. The lowest BCUT2D eigenvalue weighted by molar-refractivity contribution is -0.130. The summed E-state index contributed by atoms with van der Waals surface area (Å²) >= 11 is 0. The normalized spacial score (nSPS) is 21.6. The van der Waals surface area contributed by atoms with Gasteiger partial charge in [-0.1, -0.05) is 12.8 Å². The van der Waals surface area contributed by atoms with Crippen LogP contribution >= 0.6 is 0 Å². The predicted molar refractivity (Wildman–Crippen MR) is 73.7 cm³/mol. The van der Waals surface area contributed by atoms with E-state index in [1.165, 1.54) is 12.8 Å². The van der Waals surface area contributed by atoms with Crippen LogP contribution in [0.3, 0.4) is 0 Å². The van der Waals surface area contributed by atoms with Gasteiger partial charge in [0.25, 0.3) is 0 Å². The molecule has 2 amide bonds. The maximum atomic E-state index is 12.0. The van der Waals surface area contributed by atoms with Crippen molar-refractivity contribution in [1.82, 2.24) is 15.5 Å². The van der Waals surface area contributed by atoms with E-state index in [2.05, 4.69) is 10.6 Å². The van der Waals surface area contributed by atoms with Crippen molar-refractivity contribution < 1.29 is 9.59 Å². The third-order valence-electron chi connectivity index (χ3n) is 3.84. The van der Waals surface area contributed by atoms with Gasteiger partial charge >= 0.3 is 0 Å². The van der Waals surface area contributed by atoms with Crippen LogP contribution in [0.4, 0.5) is 0 Å². The monoisotopic (exact) mass is 267 g/mol. The molecule has 0 aromatic carbocycles. The fraction of sp³-hybridized carbons (Fsp3) is 0.857. The Labute approximate surface area is 115 Å². The molecule has 19 heavy (non-hydrogen) atoms. The molecule has 0 aromatic rings. The summed E-state index contributed by atoms with van der Waals surface area (Å²) in [7, 11) is 0. The lowest BCUT2D eigenvalue weighted by atomic mass is 10.2. The highest BCUT2D eigenvalue weighted by Gasteiger charge is 2.26. The fourth-order valence-corrected chi connectivity index (χ4v) is 2.32. The van der Waals surface area contributed by atoms with E-state index in [0.29, 0.717) is 6.04 Å². The van der Waals surface area contributed by atoms with Crippen LogP contribution in [0.25, 0.3) is 0 Å². The second-order valence-electron chi connectivity index (χ2n) is 5.68. The van der Waals surface area contributed by atoms with E-state index < -0.39 is 0 Å². The molecule has 0 aromatic heterocycles. The number of nitrogens with one attached hydrogen (secondary N) is 2. The van der Waals surface area contributed by atoms with E-state index in [9.17, 15) is 9.59 Å². The van der Waals surface area contributed by atoms with Crippen molar-refractivity contribution >= 4 is 11.8 Å². The Hall–Kier alpha value is -1.10. The molecule has 0 spiro atoms. The molecule has 2 aliphatic rings. The van der Waals surface area contributed by atoms with E-state index in [1.54, 1.807) is 0 Å². The van der Waals surface area contributed by atoms with Crippen molar-refractivity contribution in [2.45, 2.75) is 57.5 Å². The molecule has 2 fully saturated rings. The Kier molecular flexibility index (Phi) is 5.19. The molecule has 5 heteroatoms. The lowest BCUT2D eigenvalue weighted by Gasteiger charge is -2.21. The first kappa shape index (κ1) is 14.3. The third-order valence-corrected chi connectivity index (χ3v) is 3.84. The number of carbonyl (C=O) groups excluding carboxylic acids is 2. The first-order chi connectivity index (χ1) is 9.16. The summed E-state index contributed by atoms with van der Waals surface area (Å²) in [5.74, 6) is 0.124. The summed E-state index contributed by atoms with van der Waals surface area (Å²) in [5.41, 5.74) is 0. The van der Waals surface area contributed by atoms with Crippen molar-refractivity contribution in [3.63, 3.8) is 0 Å². The summed E-state index contributed by atoms with van der Waals surface area (Å²) < 4.78 is 0. The number of carbonyl (C=O) groups is 2. The van der Waals surface area contributed by atoms with Crippen LogP contribution in [-0.4, -0.2) is 48.4 Å². The van der Waals surface area contributed by atoms with Gasteiger partial charge in [-0.25, -0.2) is 0 Å². The van der Waals surface area contributed by atoms with Crippen molar-refractivity contribution in [2.24, 2.45) is 0 Å². The zero-order valence-electron chi connectivity index (χ0n) is 11.8. The van der Waals surface area contributed by atoms with Crippen molar-refractivity contribution in [1.29, 1.82) is 0 Å². The van der Waals surface area contributed by atoms with Crippen LogP contribution < -0.4 is 10.6 Å². The van der Waals surface area contributed by atoms with Crippen LogP contribution in [0.5, 0.6) is 0 Å². The molecule has 1 unspecified atom stereocenters. The van der Waals surface area contributed by atoms with E-state index >= 15 is 0 Å². The number of hydrogen-bond acceptors (Lipinski definition) is 3. The molecule has 1 heterocycles. The molecule has 5 nitrogen and oxygen atoms in total. The summed E-state index contributed by atoms with van der Waals surface area (Å²) in [6.07, 6.45) is 6.82. The largest absolute Gasteiger partial charge is 0.352 e. The van der Waals surface area contributed by atoms with Gasteiger partial charge in [-0.15, -0.1) is 0 Å². The minimum absolute atomic E-state index is 0.00571. The zero-order valence-corrected chi connectivity index (χ0v) is 11.8. The highest BCUT2D eigenvalue weighted by atomic mass is 16.2. The zero-order chi connectivity index (χ0) is 13.7. The molecule has 2 rings (SSSR count). The van der Waals surface area contributed by atoms with Crippen LogP contribution in [0.1, 0.15) is 45.4 Å². The molecule has 2 N–H and O–H groups in total. The molecule has 1 atom stereocenters. The Morgan fingerprint density at radius 2 is 1.79 bits per heavy atom. The molecule has 1 aliphatic carbocycles. The number of nitrogens with zero attached hydrogens (tertiary/aromatic N) is 1. The smallest absolute Gasteiger partial charge is 0.237 e. The molecular weight excluding hydrogens is 242 g/mol. The number of rotatable bonds is 5. The summed E-state index contributed by atoms with van der Waals surface area (Å²) in [4.78, 5) is 25.7. The van der Waals surface area contributed by atoms with E-state index in [0.717, 1.165) is 38.8 Å². The van der Waals surface area contributed by atoms with Gasteiger partial charge in [0.05, 0.1) is 12.6 Å². The molecular formula is C14H25N3O2. The molecule has 0 bridgehead atoms. The molecule has 1 saturated heterocycles. The Balaban J connectivity index is 1.67. The SMILES string of the molecule is CC(NCC(=O)N1CCCCCC1)C(=O)NC1CC1. The minimum Gasteiger partial charge on any atom is -0.352 e. The van der Waals surface area contributed by atoms with Gasteiger partial charge in [0.1, 0.15) is 0 Å². The predicted octanol–water partition coefficient (Wildman–Crippen LogP) is 0.646. The quantitative estimate of drug-likeness (QED) is 0.768. The first-order valence-corrected chi connectivity index (χ1v) is 7.48. The molecule has 0 radical (unpaired) electrons. The molecule has 108 valence electrons. The highest BCUT2D eigenvalue weighted by molar-refractivity contribution is 5.83. The maximum absolute atomic E-state index is 12.0. The van der Waals surface area contributed by atoms with E-state index in [1.807, 2.05) is 11.8 Å². The van der Waals surface area contributed by atoms with Crippen molar-refractivity contribution in [3.8, 4) is 0 Å². The average Bonchev–Trinajstić information content (AvgIpc) is 3.21. The summed E-state index contributed by atoms with van der Waals surface area (Å²) in [5, 5.41) is 5.97. The second-order valence-corrected chi connectivity index (χ2v) is 5.68. The summed E-state index contributed by atoms with van der Waals surface area (Å²) in [6, 6.07) is 0.0783. The summed E-state index contributed by atoms with van der Waals surface area (Å²) in [6.45, 7) is 3.80. The molecule has 1 aliphatic heterocycles. The number of likely N-dealkylation sites (tertiary alicyclic amines) is 1. The van der Waals surface area contributed by atoms with Crippen molar-refractivity contribution in [3.05, 3.63) is 0 Å². The lowest BCUT2D eigenvalue weighted by Crippen LogP contribution is -2.47. The Morgan fingerprint density at radius 1 is 1.16 bits per heavy atom. The second kappa shape index (κ2) is 6.89. The van der Waals surface area contributed by atoms with E-state index in [4.69, 9.17) is 0 Å². The third kappa shape index (κ3) is 4.82. The fourth-order valence-electron chi connectivity index (χ4n) is 2.32. The van der Waals surface area contributed by atoms with Crippen LogP contribution in [-0.2, 0) is 9.59 Å². The topological polar surface area (TPSA) is 61.4 Å². The molecule has 1 saturated carbocycles. The minimum atomic E-state index is -0.295. The average molecular weight is 267 g/mol. The van der Waals surface area contributed by atoms with Crippen molar-refractivity contribution in [2.75, 3.05) is 19.6 Å². The van der Waals surface area contributed by atoms with E-state index in [-0.39, 0.29) is 24.4 Å². The van der Waals surface area contributed by atoms with Gasteiger partial charge in [0, 0.05) is 19.1 Å². The number of hydrogen-bond donors (Lipinski definition) is 2. The van der Waals surface area contributed by atoms with Crippen LogP contribution in [0.2, 0.25) is 0 Å². The standard InChI is InChI=1S/C14H25N3O2/c1-11(14(19)16-12-6-7-12)15-10-13(18)17-8-4-2-3-5-9-17/h11-12,15H,2-10H2,1H3,(H,16,19). The van der Waals surface area contributed by atoms with Gasteiger partial charge in [-0.2, -0.15) is 0 Å². The van der Waals surface area contributed by atoms with Crippen LogP contribution in [0.15, 0.2) is 0 Å². The number of amides is 2. The van der Waals surface area contributed by atoms with Crippen LogP contribution in [0, 0.1) is 0 Å². The maximum Gasteiger partial charge on any atom is 0.237 e. The van der Waals surface area contributed by atoms with Gasteiger partial charge in [0.2, 0.25) is 11.8 Å².